The lowest BCUT2D eigenvalue weighted by Gasteiger charge is -2.32. The fraction of sp³-hybridized carbons (Fsp3) is 0.379. The molecule has 1 aliphatic rings. The summed E-state index contributed by atoms with van der Waals surface area (Å²) in [5, 5.41) is 11.2. The molecule has 194 valence electrons. The Morgan fingerprint density at radius 3 is 2.62 bits per heavy atom. The molecule has 0 atom stereocenters. The summed E-state index contributed by atoms with van der Waals surface area (Å²) in [4.78, 5) is 24.0. The van der Waals surface area contributed by atoms with Gasteiger partial charge in [0, 0.05) is 42.2 Å². The van der Waals surface area contributed by atoms with Gasteiger partial charge in [-0.3, -0.25) is 4.79 Å². The highest BCUT2D eigenvalue weighted by atomic mass is 32.2. The first-order valence-electron chi connectivity index (χ1n) is 12.9. The molecule has 2 aromatic heterocycles. The number of piperidine rings is 1. The summed E-state index contributed by atoms with van der Waals surface area (Å²) >= 11 is 0. The molecule has 4 aromatic rings. The van der Waals surface area contributed by atoms with Crippen LogP contribution in [-0.4, -0.2) is 59.7 Å². The number of aryl methyl sites for hydroxylation is 2. The van der Waals surface area contributed by atoms with Gasteiger partial charge in [0.1, 0.15) is 5.65 Å². The number of sulfone groups is 1. The number of hydrogen-bond acceptors (Lipinski definition) is 5. The summed E-state index contributed by atoms with van der Waals surface area (Å²) in [6.45, 7) is 7.09. The molecule has 0 saturated carbocycles. The lowest BCUT2D eigenvalue weighted by atomic mass is 9.91. The number of carbonyl (C=O) groups excluding carboxylic acids is 1. The Labute approximate surface area is 217 Å². The molecular formula is C29H33N3O4S. The number of pyridine rings is 1. The minimum Gasteiger partial charge on any atom is -0.396 e. The topological polar surface area (TPSA) is 103 Å². The van der Waals surface area contributed by atoms with E-state index in [9.17, 15) is 18.3 Å². The molecule has 1 fully saturated rings. The molecule has 2 N–H and O–H groups in total. The van der Waals surface area contributed by atoms with Gasteiger partial charge in [0.05, 0.1) is 16.2 Å². The molecule has 7 nitrogen and oxygen atoms in total. The Morgan fingerprint density at radius 1 is 1.16 bits per heavy atom. The maximum Gasteiger partial charge on any atom is 0.254 e. The molecule has 5 rings (SSSR count). The Kier molecular flexibility index (Phi) is 6.81. The zero-order valence-electron chi connectivity index (χ0n) is 21.5. The standard InChI is InChI=1S/C29H33N3O4S/c1-4-37(35,36)22-7-5-6-21(15-22)24-16-23(29(34)32-11-8-20(9-12-32)10-13-33)19(3)27-26(24)25-14-18(2)17-30-28(25)31-27/h5-7,14-17,20,33H,4,8-13H2,1-3H3,(H,30,31). The Hall–Kier alpha value is -3.23. The van der Waals surface area contributed by atoms with Crippen molar-refractivity contribution in [3.8, 4) is 11.1 Å². The van der Waals surface area contributed by atoms with Gasteiger partial charge in [-0.15, -0.1) is 0 Å². The fourth-order valence-corrected chi connectivity index (χ4v) is 6.37. The van der Waals surface area contributed by atoms with Crippen LogP contribution in [0.25, 0.3) is 33.1 Å². The molecule has 0 radical (unpaired) electrons. The van der Waals surface area contributed by atoms with E-state index in [0.717, 1.165) is 63.5 Å². The third-order valence-electron chi connectivity index (χ3n) is 7.68. The monoisotopic (exact) mass is 519 g/mol. The highest BCUT2D eigenvalue weighted by molar-refractivity contribution is 7.91. The van der Waals surface area contributed by atoms with Crippen LogP contribution in [0.4, 0.5) is 0 Å². The molecule has 1 aliphatic heterocycles. The minimum atomic E-state index is -3.39. The van der Waals surface area contributed by atoms with Crippen molar-refractivity contribution in [2.75, 3.05) is 25.4 Å². The lowest BCUT2D eigenvalue weighted by molar-refractivity contribution is 0.0677. The van der Waals surface area contributed by atoms with Crippen LogP contribution in [0.5, 0.6) is 0 Å². The molecular weight excluding hydrogens is 486 g/mol. The van der Waals surface area contributed by atoms with Crippen LogP contribution in [0.15, 0.2) is 47.5 Å². The van der Waals surface area contributed by atoms with E-state index in [1.165, 1.54) is 0 Å². The van der Waals surface area contributed by atoms with E-state index in [0.29, 0.717) is 24.6 Å². The number of benzene rings is 2. The van der Waals surface area contributed by atoms with E-state index in [1.54, 1.807) is 25.1 Å². The zero-order chi connectivity index (χ0) is 26.3. The molecule has 37 heavy (non-hydrogen) atoms. The van der Waals surface area contributed by atoms with E-state index in [2.05, 4.69) is 16.0 Å². The molecule has 3 heterocycles. The first-order valence-corrected chi connectivity index (χ1v) is 14.5. The molecule has 0 spiro atoms. The zero-order valence-corrected chi connectivity index (χ0v) is 22.4. The average Bonchev–Trinajstić information content (AvgIpc) is 3.28. The summed E-state index contributed by atoms with van der Waals surface area (Å²) in [5.74, 6) is 0.439. The second-order valence-corrected chi connectivity index (χ2v) is 12.3. The van der Waals surface area contributed by atoms with Crippen LogP contribution in [0, 0.1) is 19.8 Å². The number of H-pyrrole nitrogens is 1. The number of aliphatic hydroxyl groups is 1. The van der Waals surface area contributed by atoms with Crippen molar-refractivity contribution < 1.29 is 18.3 Å². The second-order valence-electron chi connectivity index (χ2n) is 10.1. The van der Waals surface area contributed by atoms with E-state index in [4.69, 9.17) is 0 Å². The van der Waals surface area contributed by atoms with Crippen LogP contribution < -0.4 is 0 Å². The van der Waals surface area contributed by atoms with Crippen molar-refractivity contribution in [2.45, 2.75) is 44.9 Å². The predicted molar refractivity (Wildman–Crippen MR) is 147 cm³/mol. The van der Waals surface area contributed by atoms with Crippen molar-refractivity contribution in [3.63, 3.8) is 0 Å². The summed E-state index contributed by atoms with van der Waals surface area (Å²) in [6, 6.07) is 11.0. The Balaban J connectivity index is 1.70. The van der Waals surface area contributed by atoms with Gasteiger partial charge in [0.25, 0.3) is 5.91 Å². The van der Waals surface area contributed by atoms with E-state index in [-0.39, 0.29) is 23.2 Å². The summed E-state index contributed by atoms with van der Waals surface area (Å²) in [7, 11) is -3.39. The van der Waals surface area contributed by atoms with Gasteiger partial charge in [-0.2, -0.15) is 0 Å². The van der Waals surface area contributed by atoms with Gasteiger partial charge in [-0.1, -0.05) is 19.1 Å². The molecule has 8 heteroatoms. The number of rotatable bonds is 6. The average molecular weight is 520 g/mol. The van der Waals surface area contributed by atoms with Crippen molar-refractivity contribution >= 4 is 37.7 Å². The van der Waals surface area contributed by atoms with Crippen LogP contribution in [-0.2, 0) is 9.84 Å². The predicted octanol–water partition coefficient (Wildman–Crippen LogP) is 5.03. The number of carbonyl (C=O) groups is 1. The van der Waals surface area contributed by atoms with Crippen molar-refractivity contribution in [3.05, 3.63) is 59.3 Å². The van der Waals surface area contributed by atoms with Crippen molar-refractivity contribution in [1.29, 1.82) is 0 Å². The van der Waals surface area contributed by atoms with Crippen LogP contribution in [0.2, 0.25) is 0 Å². The maximum absolute atomic E-state index is 13.8. The number of nitrogens with zero attached hydrogens (tertiary/aromatic N) is 2. The summed E-state index contributed by atoms with van der Waals surface area (Å²) in [5.41, 5.74) is 5.61. The van der Waals surface area contributed by atoms with Gasteiger partial charge in [-0.05, 0) is 85.5 Å². The van der Waals surface area contributed by atoms with Gasteiger partial charge in [-0.25, -0.2) is 13.4 Å². The Bertz CT molecular complexity index is 1600. The van der Waals surface area contributed by atoms with E-state index in [1.807, 2.05) is 37.1 Å². The number of fused-ring (bicyclic) bond motifs is 3. The molecule has 0 aliphatic carbocycles. The van der Waals surface area contributed by atoms with Gasteiger partial charge >= 0.3 is 0 Å². The van der Waals surface area contributed by atoms with Gasteiger partial charge < -0.3 is 15.0 Å². The van der Waals surface area contributed by atoms with E-state index >= 15 is 0 Å². The Morgan fingerprint density at radius 2 is 1.92 bits per heavy atom. The minimum absolute atomic E-state index is 0.0198. The van der Waals surface area contributed by atoms with Gasteiger partial charge in [0.2, 0.25) is 0 Å². The highest BCUT2D eigenvalue weighted by Gasteiger charge is 2.27. The smallest absolute Gasteiger partial charge is 0.254 e. The largest absolute Gasteiger partial charge is 0.396 e. The molecule has 2 aromatic carbocycles. The number of nitrogens with one attached hydrogen (secondary N) is 1. The maximum atomic E-state index is 13.8. The number of amides is 1. The second kappa shape index (κ2) is 9.91. The van der Waals surface area contributed by atoms with Gasteiger partial charge in [0.15, 0.2) is 9.84 Å². The fourth-order valence-electron chi connectivity index (χ4n) is 5.45. The number of likely N-dealkylation sites (tertiary alicyclic amines) is 1. The summed E-state index contributed by atoms with van der Waals surface area (Å²) in [6.07, 6.45) is 4.35. The lowest BCUT2D eigenvalue weighted by Crippen LogP contribution is -2.39. The number of aromatic amines is 1. The first kappa shape index (κ1) is 25.4. The van der Waals surface area contributed by atoms with E-state index < -0.39 is 9.84 Å². The number of aromatic nitrogens is 2. The molecule has 1 saturated heterocycles. The third kappa shape index (κ3) is 4.64. The highest BCUT2D eigenvalue weighted by Crippen LogP contribution is 2.39. The SMILES string of the molecule is CCS(=O)(=O)c1cccc(-c2cc(C(=O)N3CCC(CCO)CC3)c(C)c3[nH]c4ncc(C)cc4c23)c1. The molecule has 0 bridgehead atoms. The van der Waals surface area contributed by atoms with Crippen LogP contribution in [0.3, 0.4) is 0 Å². The number of hydrogen-bond donors (Lipinski definition) is 2. The molecule has 1 amide bonds. The first-order chi connectivity index (χ1) is 17.7. The molecule has 0 unspecified atom stereocenters. The normalized spacial score (nSPS) is 15.1. The van der Waals surface area contributed by atoms with Crippen LogP contribution >= 0.6 is 0 Å². The summed E-state index contributed by atoms with van der Waals surface area (Å²) < 4.78 is 25.3. The van der Waals surface area contributed by atoms with Crippen molar-refractivity contribution in [1.82, 2.24) is 14.9 Å². The van der Waals surface area contributed by atoms with Crippen LogP contribution in [0.1, 0.15) is 47.7 Å². The third-order valence-corrected chi connectivity index (χ3v) is 9.41. The van der Waals surface area contributed by atoms with Crippen molar-refractivity contribution in [2.24, 2.45) is 5.92 Å². The number of aliphatic hydroxyl groups excluding tert-OH is 1. The quantitative estimate of drug-likeness (QED) is 0.372.